The van der Waals surface area contributed by atoms with Crippen molar-refractivity contribution in [3.8, 4) is 0 Å². The summed E-state index contributed by atoms with van der Waals surface area (Å²) >= 11 is -0.396. The van der Waals surface area contributed by atoms with E-state index in [4.69, 9.17) is 0 Å². The third-order valence-electron chi connectivity index (χ3n) is 1.49. The van der Waals surface area contributed by atoms with Crippen LogP contribution < -0.4 is 0 Å². The highest BCUT2D eigenvalue weighted by Crippen LogP contribution is 2.18. The van der Waals surface area contributed by atoms with Crippen molar-refractivity contribution in [2.45, 2.75) is 29.4 Å². The lowest BCUT2D eigenvalue weighted by Gasteiger charge is -2.18. The Labute approximate surface area is 53.3 Å². The maximum absolute atomic E-state index is 2.89. The second kappa shape index (κ2) is 2.49. The molecule has 0 aromatic heterocycles. The summed E-state index contributed by atoms with van der Waals surface area (Å²) in [6.07, 6.45) is 0. The van der Waals surface area contributed by atoms with E-state index in [9.17, 15) is 0 Å². The summed E-state index contributed by atoms with van der Waals surface area (Å²) in [7, 11) is 2.89. The van der Waals surface area contributed by atoms with Gasteiger partial charge in [0.1, 0.15) is 0 Å². The van der Waals surface area contributed by atoms with Crippen molar-refractivity contribution in [2.75, 3.05) is 0 Å². The molecule has 1 unspecified atom stereocenters. The van der Waals surface area contributed by atoms with Crippen molar-refractivity contribution in [1.82, 2.24) is 0 Å². The third-order valence-corrected chi connectivity index (χ3v) is 6.46. The van der Waals surface area contributed by atoms with Gasteiger partial charge in [-0.3, -0.25) is 0 Å². The van der Waals surface area contributed by atoms with Crippen LogP contribution >= 0.6 is 9.24 Å². The van der Waals surface area contributed by atoms with Gasteiger partial charge in [-0.25, -0.2) is 0 Å². The minimum Gasteiger partial charge on any atom is -0.145 e. The van der Waals surface area contributed by atoms with Crippen LogP contribution in [0, 0.1) is 0 Å². The van der Waals surface area contributed by atoms with Crippen molar-refractivity contribution in [3.63, 3.8) is 0 Å². The molecule has 0 aromatic carbocycles. The third kappa shape index (κ3) is 3.54. The zero-order valence-corrected chi connectivity index (χ0v) is 7.96. The first-order valence-corrected chi connectivity index (χ1v) is 6.20. The average molecular weight is 132 g/mol. The standard InChI is InChI=1S/C3H8P.2CH3.Al/c1-3(2)4;;;/h4H2,1-2H3;2*1H3;. The van der Waals surface area contributed by atoms with E-state index in [1.807, 2.05) is 0 Å². The lowest BCUT2D eigenvalue weighted by atomic mass is 10.5. The molecule has 2 heteroatoms. The van der Waals surface area contributed by atoms with Gasteiger partial charge >= 0.3 is 0 Å². The molecule has 42 valence electrons. The first kappa shape index (κ1) is 7.96. The second-order valence-corrected chi connectivity index (χ2v) is 8.93. The van der Waals surface area contributed by atoms with E-state index >= 15 is 0 Å². The van der Waals surface area contributed by atoms with Crippen molar-refractivity contribution in [2.24, 2.45) is 0 Å². The molecule has 0 aliphatic rings. The minimum atomic E-state index is -0.396. The van der Waals surface area contributed by atoms with Crippen molar-refractivity contribution >= 4 is 23.4 Å². The summed E-state index contributed by atoms with van der Waals surface area (Å²) in [5, 5.41) is 0. The molecule has 0 saturated carbocycles. The first-order chi connectivity index (χ1) is 2.94. The van der Waals surface area contributed by atoms with Gasteiger partial charge in [-0.15, -0.1) is 20.8 Å². The fourth-order valence-corrected chi connectivity index (χ4v) is 0. The molecule has 0 rings (SSSR count). The lowest BCUT2D eigenvalue weighted by Crippen LogP contribution is -2.27. The lowest BCUT2D eigenvalue weighted by molar-refractivity contribution is 0.977. The smallest absolute Gasteiger partial charge is 0.145 e. The van der Waals surface area contributed by atoms with Crippen LogP contribution in [0.15, 0.2) is 0 Å². The predicted molar refractivity (Wildman–Crippen MR) is 41.3 cm³/mol. The van der Waals surface area contributed by atoms with Crippen LogP contribution in [0.1, 0.15) is 13.8 Å². The zero-order valence-electron chi connectivity index (χ0n) is 5.65. The first-order valence-electron chi connectivity index (χ1n) is 2.73. The van der Waals surface area contributed by atoms with Gasteiger partial charge in [0.2, 0.25) is 0 Å². The molecule has 0 fully saturated rings. The summed E-state index contributed by atoms with van der Waals surface area (Å²) in [6, 6.07) is 0. The van der Waals surface area contributed by atoms with Crippen LogP contribution in [-0.4, -0.2) is 18.2 Å². The Bertz CT molecular complexity index is 53.6. The highest BCUT2D eigenvalue weighted by Gasteiger charge is 2.20. The predicted octanol–water partition coefficient (Wildman–Crippen LogP) is 1.93. The molecule has 0 aliphatic carbocycles. The molecule has 0 spiro atoms. The summed E-state index contributed by atoms with van der Waals surface area (Å²) < 4.78 is 0.556. The van der Waals surface area contributed by atoms with Gasteiger partial charge in [-0.1, -0.05) is 17.9 Å². The van der Waals surface area contributed by atoms with E-state index in [2.05, 4.69) is 34.7 Å². The van der Waals surface area contributed by atoms with Crippen LogP contribution in [0.25, 0.3) is 0 Å². The Kier molecular flexibility index (Phi) is 2.84. The molecule has 0 N–H and O–H groups in total. The summed E-state index contributed by atoms with van der Waals surface area (Å²) in [6.45, 7) is 4.57. The fraction of sp³-hybridized carbons (Fsp3) is 1.00. The topological polar surface area (TPSA) is 0 Å². The maximum atomic E-state index is 2.89. The van der Waals surface area contributed by atoms with E-state index in [1.54, 1.807) is 0 Å². The van der Waals surface area contributed by atoms with Gasteiger partial charge in [-0.05, 0) is 0 Å². The Balaban J connectivity index is 3.54. The van der Waals surface area contributed by atoms with Gasteiger partial charge in [0.15, 0.2) is 0 Å². The van der Waals surface area contributed by atoms with E-state index in [-0.39, 0.29) is 0 Å². The Morgan fingerprint density at radius 1 is 1.29 bits per heavy atom. The van der Waals surface area contributed by atoms with Gasteiger partial charge in [0.05, 0.1) is 0 Å². The van der Waals surface area contributed by atoms with Crippen LogP contribution in [-0.2, 0) is 0 Å². The Morgan fingerprint density at radius 3 is 1.43 bits per heavy atom. The van der Waals surface area contributed by atoms with E-state index in [0.717, 1.165) is 0 Å². The molecule has 0 bridgehead atoms. The second-order valence-electron chi connectivity index (χ2n) is 2.98. The largest absolute Gasteiger partial charge is 0.267 e. The molecular weight excluding hydrogens is 118 g/mol. The van der Waals surface area contributed by atoms with Crippen LogP contribution in [0.5, 0.6) is 0 Å². The molecule has 0 heterocycles. The molecule has 0 amide bonds. The van der Waals surface area contributed by atoms with E-state index in [1.165, 1.54) is 0 Å². The van der Waals surface area contributed by atoms with Crippen molar-refractivity contribution in [3.05, 3.63) is 0 Å². The van der Waals surface area contributed by atoms with Crippen LogP contribution in [0.2, 0.25) is 11.6 Å². The number of hydrogen-bond donors (Lipinski definition) is 0. The van der Waals surface area contributed by atoms with E-state index in [0.29, 0.717) is 4.02 Å². The maximum Gasteiger partial charge on any atom is 0.267 e. The van der Waals surface area contributed by atoms with Crippen molar-refractivity contribution < 1.29 is 0 Å². The van der Waals surface area contributed by atoms with Crippen LogP contribution in [0.4, 0.5) is 0 Å². The molecule has 1 atom stereocenters. The summed E-state index contributed by atoms with van der Waals surface area (Å²) in [5.41, 5.74) is 0. The normalized spacial score (nSPS) is 11.6. The minimum absolute atomic E-state index is 0.396. The highest BCUT2D eigenvalue weighted by atomic mass is 31.0. The summed E-state index contributed by atoms with van der Waals surface area (Å²) in [5.74, 6) is 4.74. The average Bonchev–Trinajstić information content (AvgIpc) is 1.31. The fourth-order valence-electron chi connectivity index (χ4n) is 0. The quantitative estimate of drug-likeness (QED) is 0.377. The van der Waals surface area contributed by atoms with Gasteiger partial charge in [0.25, 0.3) is 14.1 Å². The molecule has 0 saturated heterocycles. The molecule has 0 aromatic rings. The van der Waals surface area contributed by atoms with E-state index < -0.39 is 14.1 Å². The Morgan fingerprint density at radius 2 is 1.43 bits per heavy atom. The van der Waals surface area contributed by atoms with Gasteiger partial charge < -0.3 is 0 Å². The molecule has 0 aliphatic heterocycles. The molecule has 7 heavy (non-hydrogen) atoms. The van der Waals surface area contributed by atoms with Gasteiger partial charge in [-0.2, -0.15) is 0 Å². The Hall–Kier alpha value is 0.962. The van der Waals surface area contributed by atoms with Gasteiger partial charge in [0, 0.05) is 0 Å². The number of rotatable bonds is 1. The summed E-state index contributed by atoms with van der Waals surface area (Å²) in [4.78, 5) is 0. The molecular formula is C5H14AlP. The number of hydrogen-bond acceptors (Lipinski definition) is 0. The highest BCUT2D eigenvalue weighted by molar-refractivity contribution is 7.24. The SMILES string of the molecule is [CH3][Al]([CH3])[C](C)(C)P. The molecule has 0 radical (unpaired) electrons. The monoisotopic (exact) mass is 132 g/mol. The van der Waals surface area contributed by atoms with Crippen LogP contribution in [0.3, 0.4) is 0 Å². The molecule has 0 nitrogen and oxygen atoms in total. The van der Waals surface area contributed by atoms with Crippen molar-refractivity contribution in [1.29, 1.82) is 0 Å². The zero-order chi connectivity index (χ0) is 6.08.